The molecule has 0 saturated carbocycles. The topological polar surface area (TPSA) is 116 Å². The number of phenols is 2. The molecule has 1 atom stereocenters. The zero-order valence-corrected chi connectivity index (χ0v) is 12.1. The first-order valence-electron chi connectivity index (χ1n) is 6.27. The van der Waals surface area contributed by atoms with Crippen LogP contribution in [0.1, 0.15) is 19.4 Å². The molecule has 0 saturated heterocycles. The molecule has 0 aliphatic carbocycles. The standard InChI is InChI=1S/C14H19NO6/c1-14(2,21-3)13(20)15-9(12(18)19)6-8-4-5-10(16)11(17)7-8/h4-5,7,9,16-17H,6H2,1-3H3,(H,15,20)(H,18,19)/t9-/m0/s1. The van der Waals surface area contributed by atoms with Gasteiger partial charge >= 0.3 is 5.97 Å². The number of methoxy groups -OCH3 is 1. The van der Waals surface area contributed by atoms with Gasteiger partial charge in [-0.2, -0.15) is 0 Å². The molecule has 4 N–H and O–H groups in total. The van der Waals surface area contributed by atoms with E-state index in [-0.39, 0.29) is 17.9 Å². The van der Waals surface area contributed by atoms with Crippen molar-refractivity contribution in [3.05, 3.63) is 23.8 Å². The maximum atomic E-state index is 11.9. The number of aromatic hydroxyl groups is 2. The lowest BCUT2D eigenvalue weighted by atomic mass is 10.0. The number of amides is 1. The molecule has 7 heteroatoms. The van der Waals surface area contributed by atoms with Crippen molar-refractivity contribution < 1.29 is 29.6 Å². The highest BCUT2D eigenvalue weighted by Gasteiger charge is 2.31. The van der Waals surface area contributed by atoms with Crippen LogP contribution in [0.3, 0.4) is 0 Å². The quantitative estimate of drug-likeness (QED) is 0.572. The maximum absolute atomic E-state index is 11.9. The Labute approximate surface area is 122 Å². The van der Waals surface area contributed by atoms with E-state index < -0.39 is 23.5 Å². The summed E-state index contributed by atoms with van der Waals surface area (Å²) >= 11 is 0. The number of benzene rings is 1. The lowest BCUT2D eigenvalue weighted by Gasteiger charge is -2.24. The van der Waals surface area contributed by atoms with Crippen molar-refractivity contribution in [3.8, 4) is 11.5 Å². The summed E-state index contributed by atoms with van der Waals surface area (Å²) in [6.45, 7) is 3.04. The van der Waals surface area contributed by atoms with Gasteiger partial charge in [0.1, 0.15) is 11.6 Å². The minimum atomic E-state index is -1.21. The molecule has 0 unspecified atom stereocenters. The van der Waals surface area contributed by atoms with Gasteiger partial charge in [-0.15, -0.1) is 0 Å². The summed E-state index contributed by atoms with van der Waals surface area (Å²) < 4.78 is 4.99. The molecule has 21 heavy (non-hydrogen) atoms. The van der Waals surface area contributed by atoms with Gasteiger partial charge in [0.15, 0.2) is 11.5 Å². The summed E-state index contributed by atoms with van der Waals surface area (Å²) in [5.41, 5.74) is -0.682. The van der Waals surface area contributed by atoms with Gasteiger partial charge in [0.05, 0.1) is 0 Å². The Morgan fingerprint density at radius 2 is 1.90 bits per heavy atom. The van der Waals surface area contributed by atoms with Crippen LogP contribution in [0.15, 0.2) is 18.2 Å². The predicted octanol–water partition coefficient (Wildman–Crippen LogP) is 0.635. The molecule has 0 fully saturated rings. The molecule has 1 aromatic rings. The molecule has 0 aliphatic heterocycles. The minimum Gasteiger partial charge on any atom is -0.504 e. The first-order valence-corrected chi connectivity index (χ1v) is 6.27. The van der Waals surface area contributed by atoms with Crippen LogP contribution in [0, 0.1) is 0 Å². The SMILES string of the molecule is COC(C)(C)C(=O)N[C@@H](Cc1ccc(O)c(O)c1)C(=O)O. The van der Waals surface area contributed by atoms with Gasteiger partial charge in [0.2, 0.25) is 0 Å². The Morgan fingerprint density at radius 3 is 2.38 bits per heavy atom. The number of carbonyl (C=O) groups is 2. The molecule has 7 nitrogen and oxygen atoms in total. The molecule has 0 spiro atoms. The second-order valence-electron chi connectivity index (χ2n) is 5.11. The van der Waals surface area contributed by atoms with Gasteiger partial charge in [-0.3, -0.25) is 4.79 Å². The van der Waals surface area contributed by atoms with Crippen LogP contribution in [0.4, 0.5) is 0 Å². The summed E-state index contributed by atoms with van der Waals surface area (Å²) in [7, 11) is 1.35. The van der Waals surface area contributed by atoms with E-state index in [1.807, 2.05) is 0 Å². The second-order valence-corrected chi connectivity index (χ2v) is 5.11. The number of ether oxygens (including phenoxy) is 1. The van der Waals surface area contributed by atoms with E-state index in [0.29, 0.717) is 5.56 Å². The Hall–Kier alpha value is -2.28. The van der Waals surface area contributed by atoms with Gasteiger partial charge < -0.3 is 25.4 Å². The zero-order chi connectivity index (χ0) is 16.2. The number of hydrogen-bond donors (Lipinski definition) is 4. The Balaban J connectivity index is 2.86. The van der Waals surface area contributed by atoms with Crippen LogP contribution in [0.2, 0.25) is 0 Å². The summed E-state index contributed by atoms with van der Waals surface area (Å²) in [4.78, 5) is 23.2. The van der Waals surface area contributed by atoms with E-state index in [2.05, 4.69) is 5.32 Å². The van der Waals surface area contributed by atoms with Crippen molar-refractivity contribution in [2.24, 2.45) is 0 Å². The van der Waals surface area contributed by atoms with Gasteiger partial charge in [-0.1, -0.05) is 6.07 Å². The number of phenolic OH excluding ortho intramolecular Hbond substituents is 2. The smallest absolute Gasteiger partial charge is 0.326 e. The molecule has 116 valence electrons. The van der Waals surface area contributed by atoms with E-state index in [0.717, 1.165) is 0 Å². The van der Waals surface area contributed by atoms with Crippen LogP contribution in [0.25, 0.3) is 0 Å². The first kappa shape index (κ1) is 16.8. The molecule has 1 aromatic carbocycles. The highest BCUT2D eigenvalue weighted by Crippen LogP contribution is 2.25. The fourth-order valence-corrected chi connectivity index (χ4v) is 1.56. The van der Waals surface area contributed by atoms with E-state index >= 15 is 0 Å². The maximum Gasteiger partial charge on any atom is 0.326 e. The third-order valence-electron chi connectivity index (χ3n) is 3.14. The number of carbonyl (C=O) groups excluding carboxylic acids is 1. The van der Waals surface area contributed by atoms with Crippen molar-refractivity contribution in [3.63, 3.8) is 0 Å². The summed E-state index contributed by atoms with van der Waals surface area (Å²) in [5, 5.41) is 30.2. The van der Waals surface area contributed by atoms with E-state index in [9.17, 15) is 24.9 Å². The third-order valence-corrected chi connectivity index (χ3v) is 3.14. The fourth-order valence-electron chi connectivity index (χ4n) is 1.56. The lowest BCUT2D eigenvalue weighted by molar-refractivity contribution is -0.147. The van der Waals surface area contributed by atoms with Crippen molar-refractivity contribution in [2.75, 3.05) is 7.11 Å². The average molecular weight is 297 g/mol. The largest absolute Gasteiger partial charge is 0.504 e. The molecule has 1 amide bonds. The Morgan fingerprint density at radius 1 is 1.29 bits per heavy atom. The van der Waals surface area contributed by atoms with E-state index in [1.165, 1.54) is 39.2 Å². The summed E-state index contributed by atoms with van der Waals surface area (Å²) in [5.74, 6) is -2.40. The first-order chi connectivity index (χ1) is 9.67. The number of carboxylic acids is 1. The fraction of sp³-hybridized carbons (Fsp3) is 0.429. The monoisotopic (exact) mass is 297 g/mol. The van der Waals surface area contributed by atoms with Crippen LogP contribution >= 0.6 is 0 Å². The number of carboxylic acid groups (broad SMARTS) is 1. The third kappa shape index (κ3) is 4.35. The average Bonchev–Trinajstić information content (AvgIpc) is 2.41. The van der Waals surface area contributed by atoms with Crippen molar-refractivity contribution >= 4 is 11.9 Å². The normalized spacial score (nSPS) is 12.7. The van der Waals surface area contributed by atoms with E-state index in [4.69, 9.17) is 4.74 Å². The molecule has 0 aliphatic rings. The Kier molecular flexibility index (Phi) is 5.15. The van der Waals surface area contributed by atoms with Crippen LogP contribution in [0.5, 0.6) is 11.5 Å². The zero-order valence-electron chi connectivity index (χ0n) is 12.1. The Bertz CT molecular complexity index is 540. The molecule has 1 rings (SSSR count). The lowest BCUT2D eigenvalue weighted by Crippen LogP contribution is -2.51. The van der Waals surface area contributed by atoms with Crippen molar-refractivity contribution in [1.82, 2.24) is 5.32 Å². The van der Waals surface area contributed by atoms with Gasteiger partial charge in [-0.25, -0.2) is 4.79 Å². The molecule has 0 radical (unpaired) electrons. The molecule has 0 bridgehead atoms. The van der Waals surface area contributed by atoms with Gasteiger partial charge in [0, 0.05) is 13.5 Å². The van der Waals surface area contributed by atoms with E-state index in [1.54, 1.807) is 0 Å². The summed E-state index contributed by atoms with van der Waals surface area (Å²) in [6, 6.07) is 2.80. The van der Waals surface area contributed by atoms with Gasteiger partial charge in [0.25, 0.3) is 5.91 Å². The molecular weight excluding hydrogens is 278 g/mol. The molecule has 0 heterocycles. The highest BCUT2D eigenvalue weighted by molar-refractivity contribution is 5.88. The molecular formula is C14H19NO6. The van der Waals surface area contributed by atoms with Crippen molar-refractivity contribution in [2.45, 2.75) is 31.9 Å². The summed E-state index contributed by atoms with van der Waals surface area (Å²) in [6.07, 6.45) is -0.0330. The number of rotatable bonds is 6. The predicted molar refractivity (Wildman–Crippen MR) is 74.1 cm³/mol. The minimum absolute atomic E-state index is 0.0330. The number of nitrogens with one attached hydrogen (secondary N) is 1. The van der Waals surface area contributed by atoms with Gasteiger partial charge in [-0.05, 0) is 31.5 Å². The van der Waals surface area contributed by atoms with Crippen LogP contribution < -0.4 is 5.32 Å². The van der Waals surface area contributed by atoms with Crippen molar-refractivity contribution in [1.29, 1.82) is 0 Å². The number of hydrogen-bond acceptors (Lipinski definition) is 5. The highest BCUT2D eigenvalue weighted by atomic mass is 16.5. The van der Waals surface area contributed by atoms with Crippen LogP contribution in [-0.4, -0.2) is 45.9 Å². The second kappa shape index (κ2) is 6.45. The van der Waals surface area contributed by atoms with Crippen LogP contribution in [-0.2, 0) is 20.7 Å². The number of aliphatic carboxylic acids is 1. The molecule has 0 aromatic heterocycles.